The van der Waals surface area contributed by atoms with Crippen LogP contribution in [0.25, 0.3) is 11.5 Å². The average molecular weight is 450 g/mol. The highest BCUT2D eigenvalue weighted by Gasteiger charge is 2.38. The Kier molecular flexibility index (Phi) is 4.97. The zero-order chi connectivity index (χ0) is 22.5. The van der Waals surface area contributed by atoms with Gasteiger partial charge in [-0.1, -0.05) is 43.8 Å². The van der Waals surface area contributed by atoms with Crippen LogP contribution in [0, 0.1) is 0 Å². The molecule has 7 nitrogen and oxygen atoms in total. The Morgan fingerprint density at radius 2 is 1.94 bits per heavy atom. The normalized spacial score (nSPS) is 18.1. The van der Waals surface area contributed by atoms with Gasteiger partial charge in [-0.05, 0) is 36.8 Å². The van der Waals surface area contributed by atoms with Gasteiger partial charge < -0.3 is 18.8 Å². The topological polar surface area (TPSA) is 77.7 Å². The fourth-order valence-electron chi connectivity index (χ4n) is 4.12. The van der Waals surface area contributed by atoms with E-state index >= 15 is 0 Å². The molecular formula is C24H23N3O4S. The maximum atomic E-state index is 13.0. The lowest BCUT2D eigenvalue weighted by molar-refractivity contribution is -0.114. The van der Waals surface area contributed by atoms with E-state index in [0.717, 1.165) is 16.9 Å². The van der Waals surface area contributed by atoms with Crippen LogP contribution in [-0.2, 0) is 10.2 Å². The molecule has 164 valence electrons. The van der Waals surface area contributed by atoms with Crippen molar-refractivity contribution in [1.29, 1.82) is 0 Å². The molecule has 2 aromatic carbocycles. The van der Waals surface area contributed by atoms with Crippen LogP contribution in [0.2, 0.25) is 0 Å². The van der Waals surface area contributed by atoms with Gasteiger partial charge in [-0.2, -0.15) is 0 Å². The van der Waals surface area contributed by atoms with E-state index in [-0.39, 0.29) is 23.2 Å². The number of likely N-dealkylation sites (N-methyl/N-ethyl adjacent to an activating group) is 1. The summed E-state index contributed by atoms with van der Waals surface area (Å²) in [5.74, 6) is 1.71. The van der Waals surface area contributed by atoms with Crippen molar-refractivity contribution < 1.29 is 18.7 Å². The minimum Gasteiger partial charge on any atom is -0.454 e. The van der Waals surface area contributed by atoms with Crippen LogP contribution in [-0.4, -0.2) is 35.1 Å². The molecule has 0 radical (unpaired) electrons. The fraction of sp³-hybridized carbons (Fsp3) is 0.292. The largest absolute Gasteiger partial charge is 0.454 e. The van der Waals surface area contributed by atoms with E-state index in [1.807, 2.05) is 38.2 Å². The first-order valence-electron chi connectivity index (χ1n) is 10.3. The van der Waals surface area contributed by atoms with Gasteiger partial charge in [-0.15, -0.1) is 10.2 Å². The van der Waals surface area contributed by atoms with Crippen molar-refractivity contribution in [2.45, 2.75) is 36.7 Å². The van der Waals surface area contributed by atoms with E-state index in [1.165, 1.54) is 17.3 Å². The zero-order valence-corrected chi connectivity index (χ0v) is 19.1. The van der Waals surface area contributed by atoms with Gasteiger partial charge in [0.2, 0.25) is 12.7 Å². The number of carbonyl (C=O) groups is 1. The SMILES string of the molecule is CC(Sc1nnc(-c2ccc3c(c2)OCO3)o1)C(=O)/C=C1\N(C)c2ccccc2C1(C)C. The second-order valence-corrected chi connectivity index (χ2v) is 9.63. The third kappa shape index (κ3) is 3.44. The standard InChI is InChI=1S/C24H23N3O4S/c1-14(18(28)12-21-24(2,3)16-7-5-6-8-17(16)27(21)4)32-23-26-25-22(31-23)15-9-10-19-20(11-15)30-13-29-19/h5-12,14H,13H2,1-4H3/b21-12-. The number of allylic oxidation sites excluding steroid dienone is 2. The summed E-state index contributed by atoms with van der Waals surface area (Å²) in [6.45, 7) is 6.34. The maximum absolute atomic E-state index is 13.0. The molecular weight excluding hydrogens is 426 g/mol. The number of ether oxygens (including phenoxy) is 2. The smallest absolute Gasteiger partial charge is 0.277 e. The first-order chi connectivity index (χ1) is 15.3. The fourth-order valence-corrected chi connectivity index (χ4v) is 4.83. The Balaban J connectivity index is 1.32. The van der Waals surface area contributed by atoms with Crippen molar-refractivity contribution in [2.24, 2.45) is 0 Å². The molecule has 0 N–H and O–H groups in total. The first kappa shape index (κ1) is 20.6. The zero-order valence-electron chi connectivity index (χ0n) is 18.3. The minimum atomic E-state index is -0.375. The predicted molar refractivity (Wildman–Crippen MR) is 122 cm³/mol. The molecule has 3 heterocycles. The van der Waals surface area contributed by atoms with E-state index in [0.29, 0.717) is 22.6 Å². The van der Waals surface area contributed by atoms with E-state index in [1.54, 1.807) is 12.1 Å². The Morgan fingerprint density at radius 1 is 1.16 bits per heavy atom. The third-order valence-corrected chi connectivity index (χ3v) is 6.88. The van der Waals surface area contributed by atoms with Crippen molar-refractivity contribution >= 4 is 23.2 Å². The molecule has 0 saturated carbocycles. The number of rotatable bonds is 5. The molecule has 3 aromatic rings. The summed E-state index contributed by atoms with van der Waals surface area (Å²) < 4.78 is 16.5. The summed E-state index contributed by atoms with van der Waals surface area (Å²) in [7, 11) is 2.00. The number of fused-ring (bicyclic) bond motifs is 2. The molecule has 0 saturated heterocycles. The number of aromatic nitrogens is 2. The summed E-state index contributed by atoms with van der Waals surface area (Å²) in [6, 6.07) is 13.7. The molecule has 32 heavy (non-hydrogen) atoms. The maximum Gasteiger partial charge on any atom is 0.277 e. The van der Waals surface area contributed by atoms with Crippen LogP contribution in [0.5, 0.6) is 11.5 Å². The number of anilines is 1. The van der Waals surface area contributed by atoms with Crippen molar-refractivity contribution in [2.75, 3.05) is 18.7 Å². The van der Waals surface area contributed by atoms with Crippen LogP contribution in [0.15, 0.2) is 63.9 Å². The Bertz CT molecular complexity index is 1230. The van der Waals surface area contributed by atoms with Gasteiger partial charge in [0.15, 0.2) is 17.3 Å². The molecule has 0 amide bonds. The lowest BCUT2D eigenvalue weighted by Crippen LogP contribution is -2.25. The quantitative estimate of drug-likeness (QED) is 0.405. The molecule has 0 aliphatic carbocycles. The van der Waals surface area contributed by atoms with Crippen LogP contribution < -0.4 is 14.4 Å². The number of ketones is 1. The average Bonchev–Trinajstić information content (AvgIpc) is 3.48. The molecule has 8 heteroatoms. The molecule has 2 aliphatic rings. The van der Waals surface area contributed by atoms with Gasteiger partial charge in [0.25, 0.3) is 5.22 Å². The van der Waals surface area contributed by atoms with E-state index in [9.17, 15) is 4.79 Å². The number of hydrogen-bond donors (Lipinski definition) is 0. The second kappa shape index (κ2) is 7.70. The molecule has 5 rings (SSSR count). The summed E-state index contributed by atoms with van der Waals surface area (Å²) >= 11 is 1.25. The van der Waals surface area contributed by atoms with E-state index in [4.69, 9.17) is 13.9 Å². The lowest BCUT2D eigenvalue weighted by Gasteiger charge is -2.24. The number of nitrogens with zero attached hydrogens (tertiary/aromatic N) is 3. The Labute approximate surface area is 190 Å². The Hall–Kier alpha value is -3.26. The van der Waals surface area contributed by atoms with Crippen molar-refractivity contribution in [3.05, 3.63) is 59.8 Å². The number of thioether (sulfide) groups is 1. The van der Waals surface area contributed by atoms with Gasteiger partial charge in [0.1, 0.15) is 0 Å². The highest BCUT2D eigenvalue weighted by Crippen LogP contribution is 2.46. The van der Waals surface area contributed by atoms with Gasteiger partial charge in [-0.3, -0.25) is 4.79 Å². The highest BCUT2D eigenvalue weighted by atomic mass is 32.2. The van der Waals surface area contributed by atoms with Crippen molar-refractivity contribution in [3.8, 4) is 23.0 Å². The summed E-state index contributed by atoms with van der Waals surface area (Å²) in [4.78, 5) is 15.1. The van der Waals surface area contributed by atoms with Crippen molar-refractivity contribution in [1.82, 2.24) is 10.2 Å². The van der Waals surface area contributed by atoms with Gasteiger partial charge >= 0.3 is 0 Å². The summed E-state index contributed by atoms with van der Waals surface area (Å²) in [5, 5.41) is 8.20. The number of benzene rings is 2. The summed E-state index contributed by atoms with van der Waals surface area (Å²) in [5.41, 5.74) is 3.81. The molecule has 1 atom stereocenters. The number of carbonyl (C=O) groups excluding carboxylic acids is 1. The molecule has 0 fully saturated rings. The van der Waals surface area contributed by atoms with Crippen LogP contribution in [0.1, 0.15) is 26.3 Å². The van der Waals surface area contributed by atoms with Gasteiger partial charge in [-0.25, -0.2) is 0 Å². The monoisotopic (exact) mass is 449 g/mol. The molecule has 1 aromatic heterocycles. The van der Waals surface area contributed by atoms with Crippen LogP contribution in [0.4, 0.5) is 5.69 Å². The second-order valence-electron chi connectivity index (χ2n) is 8.33. The van der Waals surface area contributed by atoms with Crippen LogP contribution in [0.3, 0.4) is 0 Å². The van der Waals surface area contributed by atoms with E-state index < -0.39 is 0 Å². The molecule has 0 spiro atoms. The molecule has 0 bridgehead atoms. The number of hydrogen-bond acceptors (Lipinski definition) is 8. The Morgan fingerprint density at radius 3 is 2.75 bits per heavy atom. The third-order valence-electron chi connectivity index (χ3n) is 5.92. The van der Waals surface area contributed by atoms with Crippen molar-refractivity contribution in [3.63, 3.8) is 0 Å². The van der Waals surface area contributed by atoms with Crippen LogP contribution >= 0.6 is 11.8 Å². The van der Waals surface area contributed by atoms with Gasteiger partial charge in [0.05, 0.1) is 5.25 Å². The minimum absolute atomic E-state index is 0.000519. The lowest BCUT2D eigenvalue weighted by atomic mass is 9.83. The van der Waals surface area contributed by atoms with Gasteiger partial charge in [0, 0.05) is 35.5 Å². The predicted octanol–water partition coefficient (Wildman–Crippen LogP) is 4.83. The highest BCUT2D eigenvalue weighted by molar-refractivity contribution is 8.00. The molecule has 2 aliphatic heterocycles. The summed E-state index contributed by atoms with van der Waals surface area (Å²) in [6.07, 6.45) is 1.74. The van der Waals surface area contributed by atoms with E-state index in [2.05, 4.69) is 41.1 Å². The number of para-hydroxylation sites is 1. The first-order valence-corrected chi connectivity index (χ1v) is 11.2. The molecule has 1 unspecified atom stereocenters.